The first-order chi connectivity index (χ1) is 10.0. The number of nitrogens with zero attached hydrogens (tertiary/aromatic N) is 2. The second-order valence-corrected chi connectivity index (χ2v) is 4.45. The number of nitrogens with two attached hydrogens (primary N) is 1. The van der Waals surface area contributed by atoms with Gasteiger partial charge in [0.25, 0.3) is 5.91 Å². The molecule has 2 aromatic rings. The van der Waals surface area contributed by atoms with Gasteiger partial charge in [0.05, 0.1) is 17.8 Å². The van der Waals surface area contributed by atoms with Crippen LogP contribution >= 0.6 is 0 Å². The Morgan fingerprint density at radius 3 is 2.86 bits per heavy atom. The SMILES string of the molecule is Cc1cc(C(=O)Nc2ccc(F)c(C#CCN)c2)n(C)n1. The molecule has 0 atom stereocenters. The van der Waals surface area contributed by atoms with Crippen molar-refractivity contribution >= 4 is 11.6 Å². The normalized spacial score (nSPS) is 9.90. The Kier molecular flexibility index (Phi) is 4.36. The standard InChI is InChI=1S/C15H15FN4O/c1-10-8-14(20(2)19-10)15(21)18-12-5-6-13(16)11(9-12)4-3-7-17/h5-6,8-9H,7,17H2,1-2H3,(H,18,21). The molecule has 0 aliphatic rings. The Bertz CT molecular complexity index is 740. The molecule has 3 N–H and O–H groups in total. The highest BCUT2D eigenvalue weighted by Gasteiger charge is 2.12. The third-order valence-electron chi connectivity index (χ3n) is 2.78. The van der Waals surface area contributed by atoms with Crippen molar-refractivity contribution in [2.45, 2.75) is 6.92 Å². The molecule has 1 aromatic heterocycles. The molecule has 0 unspecified atom stereocenters. The third kappa shape index (κ3) is 3.46. The molecule has 0 radical (unpaired) electrons. The highest BCUT2D eigenvalue weighted by molar-refractivity contribution is 6.03. The Morgan fingerprint density at radius 2 is 2.24 bits per heavy atom. The minimum atomic E-state index is -0.453. The average molecular weight is 286 g/mol. The Balaban J connectivity index is 2.23. The van der Waals surface area contributed by atoms with Gasteiger partial charge in [-0.3, -0.25) is 9.48 Å². The highest BCUT2D eigenvalue weighted by Crippen LogP contribution is 2.15. The Labute approximate surface area is 122 Å². The molecule has 0 fully saturated rings. The molecule has 1 amide bonds. The van der Waals surface area contributed by atoms with E-state index in [1.807, 2.05) is 0 Å². The summed E-state index contributed by atoms with van der Waals surface area (Å²) < 4.78 is 15.0. The van der Waals surface area contributed by atoms with Crippen molar-refractivity contribution in [2.24, 2.45) is 12.8 Å². The van der Waals surface area contributed by atoms with Gasteiger partial charge in [0.15, 0.2) is 0 Å². The van der Waals surface area contributed by atoms with Crippen LogP contribution in [-0.4, -0.2) is 22.2 Å². The summed E-state index contributed by atoms with van der Waals surface area (Å²) in [4.78, 5) is 12.1. The van der Waals surface area contributed by atoms with Gasteiger partial charge in [0.2, 0.25) is 0 Å². The fraction of sp³-hybridized carbons (Fsp3) is 0.200. The van der Waals surface area contributed by atoms with Crippen LogP contribution in [0.2, 0.25) is 0 Å². The maximum Gasteiger partial charge on any atom is 0.273 e. The predicted molar refractivity (Wildman–Crippen MR) is 78.2 cm³/mol. The largest absolute Gasteiger partial charge is 0.321 e. The molecule has 0 saturated heterocycles. The number of carbonyl (C=O) groups is 1. The van der Waals surface area contributed by atoms with Gasteiger partial charge in [0.1, 0.15) is 11.5 Å². The molecule has 2 rings (SSSR count). The molecule has 1 heterocycles. The summed E-state index contributed by atoms with van der Waals surface area (Å²) in [5, 5.41) is 6.80. The number of hydrogen-bond acceptors (Lipinski definition) is 3. The lowest BCUT2D eigenvalue weighted by Crippen LogP contribution is -2.16. The third-order valence-corrected chi connectivity index (χ3v) is 2.78. The first-order valence-electron chi connectivity index (χ1n) is 6.31. The smallest absolute Gasteiger partial charge is 0.273 e. The van der Waals surface area contributed by atoms with Gasteiger partial charge in [-0.05, 0) is 31.2 Å². The van der Waals surface area contributed by atoms with E-state index in [0.29, 0.717) is 11.4 Å². The van der Waals surface area contributed by atoms with Crippen molar-refractivity contribution in [1.82, 2.24) is 9.78 Å². The van der Waals surface area contributed by atoms with E-state index in [0.717, 1.165) is 5.69 Å². The molecule has 6 heteroatoms. The first-order valence-corrected chi connectivity index (χ1v) is 6.31. The van der Waals surface area contributed by atoms with E-state index in [2.05, 4.69) is 22.3 Å². The van der Waals surface area contributed by atoms with E-state index in [-0.39, 0.29) is 18.0 Å². The highest BCUT2D eigenvalue weighted by atomic mass is 19.1. The summed E-state index contributed by atoms with van der Waals surface area (Å²) in [5.74, 6) is 4.43. The minimum absolute atomic E-state index is 0.143. The summed E-state index contributed by atoms with van der Waals surface area (Å²) in [6.07, 6.45) is 0. The maximum atomic E-state index is 13.6. The fourth-order valence-electron chi connectivity index (χ4n) is 1.86. The van der Waals surface area contributed by atoms with Crippen molar-refractivity contribution in [3.63, 3.8) is 0 Å². The summed E-state index contributed by atoms with van der Waals surface area (Å²) in [6, 6.07) is 5.88. The van der Waals surface area contributed by atoms with Gasteiger partial charge in [-0.1, -0.05) is 11.8 Å². The molecule has 1 aromatic carbocycles. The van der Waals surface area contributed by atoms with Crippen LogP contribution < -0.4 is 11.1 Å². The van der Waals surface area contributed by atoms with Crippen LogP contribution in [0.3, 0.4) is 0 Å². The summed E-state index contributed by atoms with van der Waals surface area (Å²) in [5.41, 5.74) is 7.09. The van der Waals surface area contributed by atoms with E-state index in [1.165, 1.54) is 22.9 Å². The van der Waals surface area contributed by atoms with Crippen molar-refractivity contribution in [2.75, 3.05) is 11.9 Å². The number of nitrogens with one attached hydrogen (secondary N) is 1. The summed E-state index contributed by atoms with van der Waals surface area (Å²) in [6.45, 7) is 1.94. The summed E-state index contributed by atoms with van der Waals surface area (Å²) >= 11 is 0. The van der Waals surface area contributed by atoms with Crippen LogP contribution in [0.25, 0.3) is 0 Å². The van der Waals surface area contributed by atoms with E-state index in [1.54, 1.807) is 20.0 Å². The quantitative estimate of drug-likeness (QED) is 0.820. The van der Waals surface area contributed by atoms with E-state index >= 15 is 0 Å². The predicted octanol–water partition coefficient (Wildman–Crippen LogP) is 1.43. The molecule has 0 bridgehead atoms. The van der Waals surface area contributed by atoms with E-state index in [4.69, 9.17) is 5.73 Å². The lowest BCUT2D eigenvalue weighted by atomic mass is 10.2. The van der Waals surface area contributed by atoms with Crippen LogP contribution in [0, 0.1) is 24.6 Å². The zero-order valence-electron chi connectivity index (χ0n) is 11.8. The molecule has 108 valence electrons. The molecular formula is C15H15FN4O. The molecule has 21 heavy (non-hydrogen) atoms. The maximum absolute atomic E-state index is 13.6. The number of carbonyl (C=O) groups excluding carboxylic acids is 1. The van der Waals surface area contributed by atoms with Crippen molar-refractivity contribution in [3.8, 4) is 11.8 Å². The number of halogens is 1. The molecular weight excluding hydrogens is 271 g/mol. The number of aryl methyl sites for hydroxylation is 2. The second kappa shape index (κ2) is 6.20. The van der Waals surface area contributed by atoms with Crippen LogP contribution in [0.5, 0.6) is 0 Å². The lowest BCUT2D eigenvalue weighted by molar-refractivity contribution is 0.101. The lowest BCUT2D eigenvalue weighted by Gasteiger charge is -2.06. The summed E-state index contributed by atoms with van der Waals surface area (Å²) in [7, 11) is 1.69. The Morgan fingerprint density at radius 1 is 1.48 bits per heavy atom. The van der Waals surface area contributed by atoms with E-state index < -0.39 is 5.82 Å². The molecule has 0 aliphatic carbocycles. The van der Waals surface area contributed by atoms with Gasteiger partial charge >= 0.3 is 0 Å². The van der Waals surface area contributed by atoms with Crippen molar-refractivity contribution in [3.05, 3.63) is 47.0 Å². The molecule has 0 spiro atoms. The zero-order chi connectivity index (χ0) is 15.4. The number of hydrogen-bond donors (Lipinski definition) is 2. The van der Waals surface area contributed by atoms with Gasteiger partial charge < -0.3 is 11.1 Å². The van der Waals surface area contributed by atoms with Crippen molar-refractivity contribution < 1.29 is 9.18 Å². The van der Waals surface area contributed by atoms with Crippen molar-refractivity contribution in [1.29, 1.82) is 0 Å². The number of rotatable bonds is 2. The average Bonchev–Trinajstić information content (AvgIpc) is 2.78. The van der Waals surface area contributed by atoms with Crippen LogP contribution in [0.1, 0.15) is 21.7 Å². The monoisotopic (exact) mass is 286 g/mol. The van der Waals surface area contributed by atoms with Crippen LogP contribution in [-0.2, 0) is 7.05 Å². The van der Waals surface area contributed by atoms with Gasteiger partial charge in [-0.25, -0.2) is 4.39 Å². The topological polar surface area (TPSA) is 72.9 Å². The number of benzene rings is 1. The fourth-order valence-corrected chi connectivity index (χ4v) is 1.86. The molecule has 5 nitrogen and oxygen atoms in total. The van der Waals surface area contributed by atoms with Gasteiger partial charge in [-0.15, -0.1) is 0 Å². The van der Waals surface area contributed by atoms with Crippen LogP contribution in [0.4, 0.5) is 10.1 Å². The van der Waals surface area contributed by atoms with Gasteiger partial charge in [-0.2, -0.15) is 5.10 Å². The molecule has 0 saturated carbocycles. The minimum Gasteiger partial charge on any atom is -0.321 e. The Hall–Kier alpha value is -2.65. The zero-order valence-corrected chi connectivity index (χ0v) is 11.8. The number of anilines is 1. The van der Waals surface area contributed by atoms with Gasteiger partial charge in [0, 0.05) is 12.7 Å². The number of amides is 1. The first kappa shape index (κ1) is 14.8. The number of aromatic nitrogens is 2. The molecule has 0 aliphatic heterocycles. The second-order valence-electron chi connectivity index (χ2n) is 4.45. The van der Waals surface area contributed by atoms with Crippen LogP contribution in [0.15, 0.2) is 24.3 Å². The van der Waals surface area contributed by atoms with E-state index in [9.17, 15) is 9.18 Å².